The zero-order valence-corrected chi connectivity index (χ0v) is 12.2. The van der Waals surface area contributed by atoms with Crippen LogP contribution < -0.4 is 10.1 Å². The number of hydrogen-bond donors (Lipinski definition) is 1. The topological polar surface area (TPSA) is 34.4 Å². The summed E-state index contributed by atoms with van der Waals surface area (Å²) < 4.78 is 11.3. The van der Waals surface area contributed by atoms with Crippen molar-refractivity contribution in [2.45, 2.75) is 39.0 Å². The van der Waals surface area contributed by atoms with Crippen molar-refractivity contribution >= 4 is 11.6 Å². The van der Waals surface area contributed by atoms with E-state index in [2.05, 4.69) is 5.32 Å². The van der Waals surface area contributed by atoms with E-state index in [4.69, 9.17) is 20.8 Å². The first-order valence-corrected chi connectivity index (χ1v) is 7.28. The second-order valence-corrected chi connectivity index (χ2v) is 5.66. The predicted molar refractivity (Wildman–Crippen MR) is 79.1 cm³/mol. The van der Waals surface area contributed by atoms with Gasteiger partial charge in [-0.25, -0.2) is 0 Å². The van der Waals surface area contributed by atoms with Gasteiger partial charge in [-0.1, -0.05) is 11.6 Å². The highest BCUT2D eigenvalue weighted by molar-refractivity contribution is 6.30. The van der Waals surface area contributed by atoms with Gasteiger partial charge in [0.25, 0.3) is 0 Å². The van der Waals surface area contributed by atoms with Crippen molar-refractivity contribution < 1.29 is 9.15 Å². The van der Waals surface area contributed by atoms with Gasteiger partial charge in [0.15, 0.2) is 0 Å². The van der Waals surface area contributed by atoms with Gasteiger partial charge in [-0.3, -0.25) is 0 Å². The minimum atomic E-state index is 0.442. The monoisotopic (exact) mass is 291 g/mol. The third-order valence-corrected chi connectivity index (χ3v) is 3.73. The number of benzene rings is 1. The number of halogens is 1. The summed E-state index contributed by atoms with van der Waals surface area (Å²) in [5.41, 5.74) is 2.20. The molecule has 0 aliphatic heterocycles. The smallest absolute Gasteiger partial charge is 0.146 e. The molecule has 2 aromatic rings. The first kappa shape index (κ1) is 13.5. The Labute approximate surface area is 123 Å². The van der Waals surface area contributed by atoms with Crippen molar-refractivity contribution in [2.24, 2.45) is 0 Å². The van der Waals surface area contributed by atoms with Crippen LogP contribution in [0.25, 0.3) is 0 Å². The van der Waals surface area contributed by atoms with Gasteiger partial charge in [0.05, 0.1) is 6.26 Å². The van der Waals surface area contributed by atoms with Gasteiger partial charge in [0, 0.05) is 23.2 Å². The molecule has 3 rings (SSSR count). The molecule has 3 nitrogen and oxygen atoms in total. The number of hydrogen-bond acceptors (Lipinski definition) is 3. The van der Waals surface area contributed by atoms with Crippen LogP contribution in [0.4, 0.5) is 0 Å². The summed E-state index contributed by atoms with van der Waals surface area (Å²) in [5, 5.41) is 4.21. The maximum absolute atomic E-state index is 5.94. The van der Waals surface area contributed by atoms with E-state index in [1.807, 2.05) is 31.2 Å². The Morgan fingerprint density at radius 3 is 2.95 bits per heavy atom. The fourth-order valence-corrected chi connectivity index (χ4v) is 2.34. The predicted octanol–water partition coefficient (Wildman–Crippen LogP) is 4.07. The lowest BCUT2D eigenvalue weighted by atomic mass is 10.2. The summed E-state index contributed by atoms with van der Waals surface area (Å²) in [6.07, 6.45) is 4.29. The summed E-state index contributed by atoms with van der Waals surface area (Å²) in [4.78, 5) is 0. The lowest BCUT2D eigenvalue weighted by Gasteiger charge is -2.09. The number of aryl methyl sites for hydroxylation is 1. The molecule has 20 heavy (non-hydrogen) atoms. The normalized spacial score (nSPS) is 14.5. The molecule has 0 radical (unpaired) electrons. The van der Waals surface area contributed by atoms with Crippen molar-refractivity contribution in [1.29, 1.82) is 0 Å². The van der Waals surface area contributed by atoms with Crippen LogP contribution >= 0.6 is 11.6 Å². The van der Waals surface area contributed by atoms with Crippen LogP contribution in [-0.4, -0.2) is 6.04 Å². The average Bonchev–Trinajstić information content (AvgIpc) is 3.14. The van der Waals surface area contributed by atoms with Crippen molar-refractivity contribution in [3.8, 4) is 5.75 Å². The molecule has 1 aliphatic rings. The van der Waals surface area contributed by atoms with E-state index in [0.717, 1.165) is 28.6 Å². The van der Waals surface area contributed by atoms with Crippen LogP contribution in [0.15, 0.2) is 34.9 Å². The van der Waals surface area contributed by atoms with Crippen molar-refractivity contribution in [3.63, 3.8) is 0 Å². The SMILES string of the molecule is Cc1cc(Cl)ccc1OCc1occc1CNC1CC1. The lowest BCUT2D eigenvalue weighted by Crippen LogP contribution is -2.16. The number of ether oxygens (including phenoxy) is 1. The van der Waals surface area contributed by atoms with Crippen molar-refractivity contribution in [1.82, 2.24) is 5.32 Å². The van der Waals surface area contributed by atoms with Gasteiger partial charge in [0.1, 0.15) is 18.1 Å². The molecule has 1 aromatic carbocycles. The van der Waals surface area contributed by atoms with Gasteiger partial charge in [-0.15, -0.1) is 0 Å². The average molecular weight is 292 g/mol. The molecule has 1 aromatic heterocycles. The lowest BCUT2D eigenvalue weighted by molar-refractivity contribution is 0.266. The Balaban J connectivity index is 1.61. The van der Waals surface area contributed by atoms with E-state index in [1.165, 1.54) is 18.4 Å². The first-order chi connectivity index (χ1) is 9.72. The summed E-state index contributed by atoms with van der Waals surface area (Å²) >= 11 is 5.94. The van der Waals surface area contributed by atoms with E-state index in [9.17, 15) is 0 Å². The Morgan fingerprint density at radius 1 is 1.35 bits per heavy atom. The third kappa shape index (κ3) is 3.35. The minimum Gasteiger partial charge on any atom is -0.485 e. The highest BCUT2D eigenvalue weighted by atomic mass is 35.5. The standard InChI is InChI=1S/C16H18ClNO2/c1-11-8-13(17)2-5-15(11)20-10-16-12(6-7-19-16)9-18-14-3-4-14/h2,5-8,14,18H,3-4,9-10H2,1H3. The zero-order chi connectivity index (χ0) is 13.9. The van der Waals surface area contributed by atoms with Gasteiger partial charge >= 0.3 is 0 Å². The largest absolute Gasteiger partial charge is 0.485 e. The zero-order valence-electron chi connectivity index (χ0n) is 11.5. The van der Waals surface area contributed by atoms with Crippen LogP contribution in [0, 0.1) is 6.92 Å². The molecule has 0 spiro atoms. The number of furan rings is 1. The summed E-state index contributed by atoms with van der Waals surface area (Å²) in [7, 11) is 0. The Bertz CT molecular complexity index is 590. The van der Waals surface area contributed by atoms with Crippen LogP contribution in [-0.2, 0) is 13.2 Å². The summed E-state index contributed by atoms with van der Waals surface area (Å²) in [6.45, 7) is 3.27. The van der Waals surface area contributed by atoms with E-state index < -0.39 is 0 Å². The van der Waals surface area contributed by atoms with E-state index in [-0.39, 0.29) is 0 Å². The van der Waals surface area contributed by atoms with Crippen LogP contribution in [0.1, 0.15) is 29.7 Å². The molecular formula is C16H18ClNO2. The molecule has 0 atom stereocenters. The Hall–Kier alpha value is -1.45. The molecule has 0 unspecified atom stereocenters. The van der Waals surface area contributed by atoms with E-state index >= 15 is 0 Å². The second kappa shape index (κ2) is 5.90. The van der Waals surface area contributed by atoms with Crippen molar-refractivity contribution in [2.75, 3.05) is 0 Å². The van der Waals surface area contributed by atoms with Gasteiger partial charge in [-0.2, -0.15) is 0 Å². The fraction of sp³-hybridized carbons (Fsp3) is 0.375. The van der Waals surface area contributed by atoms with Crippen molar-refractivity contribution in [3.05, 3.63) is 52.4 Å². The van der Waals surface area contributed by atoms with Crippen LogP contribution in [0.3, 0.4) is 0 Å². The van der Waals surface area contributed by atoms with Gasteiger partial charge in [0.2, 0.25) is 0 Å². The fourth-order valence-electron chi connectivity index (χ4n) is 2.11. The number of rotatable bonds is 6. The van der Waals surface area contributed by atoms with E-state index in [1.54, 1.807) is 6.26 Å². The molecule has 1 saturated carbocycles. The summed E-state index contributed by atoms with van der Waals surface area (Å²) in [5.74, 6) is 1.72. The molecule has 0 bridgehead atoms. The first-order valence-electron chi connectivity index (χ1n) is 6.90. The van der Waals surface area contributed by atoms with Crippen LogP contribution in [0.5, 0.6) is 5.75 Å². The van der Waals surface area contributed by atoms with Gasteiger partial charge < -0.3 is 14.5 Å². The van der Waals surface area contributed by atoms with Gasteiger partial charge in [-0.05, 0) is 49.6 Å². The molecule has 1 aliphatic carbocycles. The molecule has 0 saturated heterocycles. The molecule has 1 fully saturated rings. The molecule has 1 N–H and O–H groups in total. The van der Waals surface area contributed by atoms with Crippen LogP contribution in [0.2, 0.25) is 5.02 Å². The summed E-state index contributed by atoms with van der Waals surface area (Å²) in [6, 6.07) is 8.32. The number of nitrogens with one attached hydrogen (secondary N) is 1. The third-order valence-electron chi connectivity index (χ3n) is 3.49. The molecule has 106 valence electrons. The highest BCUT2D eigenvalue weighted by Crippen LogP contribution is 2.24. The maximum Gasteiger partial charge on any atom is 0.146 e. The highest BCUT2D eigenvalue weighted by Gasteiger charge is 2.21. The minimum absolute atomic E-state index is 0.442. The van der Waals surface area contributed by atoms with E-state index in [0.29, 0.717) is 12.6 Å². The second-order valence-electron chi connectivity index (χ2n) is 5.22. The quantitative estimate of drug-likeness (QED) is 0.871. The molecule has 4 heteroatoms. The molecule has 0 amide bonds. The Kier molecular flexibility index (Phi) is 3.99. The Morgan fingerprint density at radius 2 is 2.20 bits per heavy atom. The maximum atomic E-state index is 5.94. The molecular weight excluding hydrogens is 274 g/mol. The molecule has 1 heterocycles.